The van der Waals surface area contributed by atoms with Gasteiger partial charge >= 0.3 is 0 Å². The van der Waals surface area contributed by atoms with Crippen LogP contribution in [0.15, 0.2) is 53.5 Å². The number of fused-ring (bicyclic) bond motifs is 1. The van der Waals surface area contributed by atoms with Crippen molar-refractivity contribution < 1.29 is 14.3 Å². The van der Waals surface area contributed by atoms with Crippen LogP contribution in [0, 0.1) is 5.82 Å². The van der Waals surface area contributed by atoms with Gasteiger partial charge in [0.2, 0.25) is 0 Å². The summed E-state index contributed by atoms with van der Waals surface area (Å²) in [5, 5.41) is 22.2. The molecule has 0 radical (unpaired) electrons. The first-order chi connectivity index (χ1) is 19.3. The Bertz CT molecular complexity index is 1620. The Kier molecular flexibility index (Phi) is 7.18. The van der Waals surface area contributed by atoms with Crippen molar-refractivity contribution in [1.82, 2.24) is 20.1 Å². The maximum atomic E-state index is 14.7. The topological polar surface area (TPSA) is 123 Å². The van der Waals surface area contributed by atoms with Gasteiger partial charge in [0.05, 0.1) is 22.4 Å². The van der Waals surface area contributed by atoms with E-state index in [1.807, 2.05) is 18.3 Å². The molecular formula is C29H29FN6O3S. The van der Waals surface area contributed by atoms with Crippen LogP contribution >= 0.6 is 11.3 Å². The summed E-state index contributed by atoms with van der Waals surface area (Å²) in [6, 6.07) is 11.8. The van der Waals surface area contributed by atoms with Crippen LogP contribution in [0.1, 0.15) is 51.0 Å². The summed E-state index contributed by atoms with van der Waals surface area (Å²) in [4.78, 5) is 33.8. The Morgan fingerprint density at radius 2 is 2.05 bits per heavy atom. The third-order valence-corrected chi connectivity index (χ3v) is 8.78. The fourth-order valence-electron chi connectivity index (χ4n) is 5.37. The molecule has 206 valence electrons. The molecule has 40 heavy (non-hydrogen) atoms. The number of nitrogens with one attached hydrogen (secondary N) is 3. The minimum Gasteiger partial charge on any atom is -0.393 e. The Balaban J connectivity index is 1.20. The van der Waals surface area contributed by atoms with E-state index in [1.165, 1.54) is 29.5 Å². The second-order valence-corrected chi connectivity index (χ2v) is 11.5. The van der Waals surface area contributed by atoms with Crippen molar-refractivity contribution in [2.24, 2.45) is 0 Å². The Morgan fingerprint density at radius 1 is 1.18 bits per heavy atom. The smallest absolute Gasteiger partial charge is 0.287 e. The highest BCUT2D eigenvalue weighted by atomic mass is 32.1. The number of anilines is 3. The van der Waals surface area contributed by atoms with Crippen LogP contribution in [0.3, 0.4) is 0 Å². The molecule has 0 saturated carbocycles. The highest BCUT2D eigenvalue weighted by molar-refractivity contribution is 7.14. The number of benzene rings is 1. The number of thiophene rings is 1. The first-order valence-corrected chi connectivity index (χ1v) is 14.1. The van der Waals surface area contributed by atoms with Crippen LogP contribution in [0.4, 0.5) is 21.6 Å². The molecule has 3 aromatic heterocycles. The van der Waals surface area contributed by atoms with Crippen LogP contribution in [-0.4, -0.2) is 50.8 Å². The molecule has 0 bridgehead atoms. The summed E-state index contributed by atoms with van der Waals surface area (Å²) >= 11 is 1.37. The summed E-state index contributed by atoms with van der Waals surface area (Å²) in [5.74, 6) is -0.487. The third kappa shape index (κ3) is 5.40. The van der Waals surface area contributed by atoms with E-state index in [0.29, 0.717) is 40.8 Å². The molecule has 2 atom stereocenters. The molecule has 0 unspecified atom stereocenters. The van der Waals surface area contributed by atoms with Crippen molar-refractivity contribution in [2.45, 2.75) is 44.2 Å². The fourth-order valence-corrected chi connectivity index (χ4v) is 6.48. The zero-order chi connectivity index (χ0) is 27.8. The molecule has 1 aliphatic carbocycles. The molecular weight excluding hydrogens is 531 g/mol. The highest BCUT2D eigenvalue weighted by Crippen LogP contribution is 2.32. The Morgan fingerprint density at radius 3 is 2.83 bits per heavy atom. The van der Waals surface area contributed by atoms with Crippen LogP contribution < -0.4 is 16.2 Å². The van der Waals surface area contributed by atoms with Gasteiger partial charge in [0, 0.05) is 22.7 Å². The fraction of sp³-hybridized carbons (Fsp3) is 0.310. The number of carbonyl (C=O) groups excluding carboxylic acids is 1. The number of aryl methyl sites for hydroxylation is 1. The summed E-state index contributed by atoms with van der Waals surface area (Å²) in [6.07, 6.45) is 5.60. The number of hydrogen-bond donors (Lipinski definition) is 4. The van der Waals surface area contributed by atoms with E-state index in [0.717, 1.165) is 41.8 Å². The summed E-state index contributed by atoms with van der Waals surface area (Å²) in [6.45, 7) is 1.07. The number of aromatic nitrogens is 3. The van der Waals surface area contributed by atoms with Crippen LogP contribution in [-0.2, 0) is 12.8 Å². The van der Waals surface area contributed by atoms with Gasteiger partial charge in [0.1, 0.15) is 17.3 Å². The number of halogens is 1. The molecule has 1 amide bonds. The molecule has 11 heteroatoms. The van der Waals surface area contributed by atoms with Crippen LogP contribution in [0.25, 0.3) is 11.3 Å². The molecule has 0 spiro atoms. The van der Waals surface area contributed by atoms with E-state index in [-0.39, 0.29) is 11.4 Å². The first kappa shape index (κ1) is 26.3. The molecule has 1 aromatic carbocycles. The number of amides is 1. The van der Waals surface area contributed by atoms with Crippen molar-refractivity contribution in [3.63, 3.8) is 0 Å². The van der Waals surface area contributed by atoms with Gasteiger partial charge in [-0.25, -0.2) is 14.5 Å². The molecule has 9 nitrogen and oxygen atoms in total. The van der Waals surface area contributed by atoms with Crippen molar-refractivity contribution in [3.05, 3.63) is 85.7 Å². The van der Waals surface area contributed by atoms with E-state index >= 15 is 0 Å². The highest BCUT2D eigenvalue weighted by Gasteiger charge is 2.24. The van der Waals surface area contributed by atoms with E-state index in [4.69, 9.17) is 0 Å². The van der Waals surface area contributed by atoms with E-state index in [1.54, 1.807) is 12.1 Å². The second kappa shape index (κ2) is 10.9. The van der Waals surface area contributed by atoms with E-state index in [2.05, 4.69) is 37.8 Å². The number of pyridine rings is 1. The number of nitrogens with zero attached hydrogens (tertiary/aromatic N) is 3. The lowest BCUT2D eigenvalue weighted by Crippen LogP contribution is -2.17. The number of H-pyrrole nitrogens is 1. The maximum absolute atomic E-state index is 14.7. The lowest BCUT2D eigenvalue weighted by molar-refractivity contribution is 0.102. The number of hydrogen-bond acceptors (Lipinski definition) is 8. The Labute approximate surface area is 234 Å². The Hall–Kier alpha value is -3.93. The number of aliphatic hydroxyl groups excluding tert-OH is 1. The van der Waals surface area contributed by atoms with E-state index < -0.39 is 23.4 Å². The van der Waals surface area contributed by atoms with Gasteiger partial charge in [0.15, 0.2) is 0 Å². The van der Waals surface area contributed by atoms with Gasteiger partial charge < -0.3 is 15.7 Å². The first-order valence-electron chi connectivity index (χ1n) is 13.3. The molecule has 1 saturated heterocycles. The minimum absolute atomic E-state index is 0.00514. The average Bonchev–Trinajstić information content (AvgIpc) is 3.57. The summed E-state index contributed by atoms with van der Waals surface area (Å²) in [7, 11) is 2.11. The molecule has 2 aliphatic rings. The summed E-state index contributed by atoms with van der Waals surface area (Å²) < 4.78 is 14.7. The predicted octanol–water partition coefficient (Wildman–Crippen LogP) is 4.64. The second-order valence-electron chi connectivity index (χ2n) is 10.3. The normalized spacial score (nSPS) is 18.9. The van der Waals surface area contributed by atoms with Gasteiger partial charge in [0.25, 0.3) is 11.5 Å². The monoisotopic (exact) mass is 560 g/mol. The number of aliphatic hydroxyl groups is 1. The lowest BCUT2D eigenvalue weighted by Gasteiger charge is -2.19. The quantitative estimate of drug-likeness (QED) is 0.271. The van der Waals surface area contributed by atoms with Gasteiger partial charge in [-0.3, -0.25) is 14.5 Å². The van der Waals surface area contributed by atoms with Crippen molar-refractivity contribution in [2.75, 3.05) is 24.2 Å². The maximum Gasteiger partial charge on any atom is 0.287 e. The number of carbonyl (C=O) groups is 1. The molecule has 4 aromatic rings. The number of likely N-dealkylation sites (tertiary alicyclic amines) is 1. The lowest BCUT2D eigenvalue weighted by atomic mass is 9.96. The van der Waals surface area contributed by atoms with Gasteiger partial charge in [-0.1, -0.05) is 6.07 Å². The molecule has 1 fully saturated rings. The largest absolute Gasteiger partial charge is 0.393 e. The molecule has 4 heterocycles. The SMILES string of the molecule is CN1CCC[C@@H]1c1ccc(Nc2cc(-c3ccc(F)c(NC(=O)c4cc5c(s4)CC[C@@H](O)C5)c3)n[nH]c2=O)nc1. The van der Waals surface area contributed by atoms with Crippen molar-refractivity contribution in [1.29, 1.82) is 0 Å². The standard InChI is InChI=1S/C29H29FN6O3S/c1-36-10-2-3-24(36)17-5-9-27(31-15-17)32-23-14-21(34-35-28(23)38)16-4-7-20(30)22(12-16)33-29(39)26-13-18-11-19(37)6-8-25(18)40-26/h4-5,7,9,12-15,19,24,37H,2-3,6,8,10-11H2,1H3,(H,33,39)(H,35,38)(H,31,32,34)/t19-,24-/m1/s1. The number of rotatable bonds is 6. The van der Waals surface area contributed by atoms with Gasteiger partial charge in [-0.15, -0.1) is 11.3 Å². The van der Waals surface area contributed by atoms with Crippen molar-refractivity contribution in [3.8, 4) is 11.3 Å². The minimum atomic E-state index is -0.589. The third-order valence-electron chi connectivity index (χ3n) is 7.55. The zero-order valence-electron chi connectivity index (χ0n) is 21.9. The van der Waals surface area contributed by atoms with Gasteiger partial charge in [-0.05, 0) is 93.2 Å². The zero-order valence-corrected chi connectivity index (χ0v) is 22.7. The predicted molar refractivity (Wildman–Crippen MR) is 153 cm³/mol. The molecule has 6 rings (SSSR count). The van der Waals surface area contributed by atoms with Gasteiger partial charge in [-0.2, -0.15) is 5.10 Å². The number of aromatic amines is 1. The molecule has 1 aliphatic heterocycles. The molecule has 4 N–H and O–H groups in total. The average molecular weight is 561 g/mol. The van der Waals surface area contributed by atoms with Crippen molar-refractivity contribution >= 4 is 34.4 Å². The van der Waals surface area contributed by atoms with E-state index in [9.17, 15) is 19.1 Å². The summed E-state index contributed by atoms with van der Waals surface area (Å²) in [5.41, 5.74) is 2.83. The van der Waals surface area contributed by atoms with Crippen LogP contribution in [0.5, 0.6) is 0 Å². The van der Waals surface area contributed by atoms with Crippen LogP contribution in [0.2, 0.25) is 0 Å².